The van der Waals surface area contributed by atoms with Crippen molar-refractivity contribution in [2.75, 3.05) is 0 Å². The highest BCUT2D eigenvalue weighted by Crippen LogP contribution is 2.75. The van der Waals surface area contributed by atoms with Gasteiger partial charge in [0.25, 0.3) is 0 Å². The molecular formula is C37H74. The van der Waals surface area contributed by atoms with Gasteiger partial charge in [-0.25, -0.2) is 0 Å². The van der Waals surface area contributed by atoms with E-state index in [0.717, 1.165) is 47.3 Å². The highest BCUT2D eigenvalue weighted by atomic mass is 14.7. The molecule has 0 aromatic carbocycles. The SMILES string of the molecule is CC.CC.CC.CC.CCC1CCC2(C)CCC3C4(C)CCC5C(C)C(C)CCC5C4CCC3(CC)C12. The first-order valence-electron chi connectivity index (χ1n) is 17.8. The van der Waals surface area contributed by atoms with E-state index >= 15 is 0 Å². The standard InChI is InChI=1S/C29H50.4C2H6/c1-7-21-11-15-27(5)16-14-25-28(6)17-12-22-20(4)19(3)9-10-23(22)24(28)13-18-29(25,8-2)26(21)27;4*1-2/h19-26H,7-18H2,1-6H3;4*1-2H3. The highest BCUT2D eigenvalue weighted by molar-refractivity contribution is 5.16. The first-order chi connectivity index (χ1) is 17.8. The molecule has 0 heterocycles. The third-order valence-electron chi connectivity index (χ3n) is 13.0. The molecule has 5 saturated carbocycles. The molecular weight excluding hydrogens is 444 g/mol. The van der Waals surface area contributed by atoms with Gasteiger partial charge in [-0.2, -0.15) is 0 Å². The van der Waals surface area contributed by atoms with Crippen LogP contribution < -0.4 is 0 Å². The molecule has 0 amide bonds. The van der Waals surface area contributed by atoms with Crippen molar-refractivity contribution < 1.29 is 0 Å². The number of fused-ring (bicyclic) bond motifs is 7. The smallest absolute Gasteiger partial charge is 0.0230 e. The van der Waals surface area contributed by atoms with Crippen molar-refractivity contribution in [3.63, 3.8) is 0 Å². The molecule has 5 rings (SSSR count). The molecule has 0 nitrogen and oxygen atoms in total. The van der Waals surface area contributed by atoms with Gasteiger partial charge in [0.1, 0.15) is 0 Å². The Hall–Kier alpha value is 0. The van der Waals surface area contributed by atoms with Crippen molar-refractivity contribution in [1.82, 2.24) is 0 Å². The van der Waals surface area contributed by atoms with Gasteiger partial charge in [-0.15, -0.1) is 0 Å². The molecule has 0 radical (unpaired) electrons. The molecule has 222 valence electrons. The minimum Gasteiger partial charge on any atom is -0.0683 e. The van der Waals surface area contributed by atoms with Gasteiger partial charge < -0.3 is 0 Å². The Morgan fingerprint density at radius 1 is 0.622 bits per heavy atom. The predicted octanol–water partition coefficient (Wildman–Crippen LogP) is 12.8. The first kappa shape index (κ1) is 35.0. The average Bonchev–Trinajstić information content (AvgIpc) is 3.32. The van der Waals surface area contributed by atoms with Crippen LogP contribution in [0.5, 0.6) is 0 Å². The lowest BCUT2D eigenvalue weighted by molar-refractivity contribution is -0.203. The second-order valence-corrected chi connectivity index (χ2v) is 13.4. The summed E-state index contributed by atoms with van der Waals surface area (Å²) in [6.07, 6.45) is 18.4. The van der Waals surface area contributed by atoms with Crippen molar-refractivity contribution in [2.24, 2.45) is 63.6 Å². The Bertz CT molecular complexity index is 622. The van der Waals surface area contributed by atoms with Crippen LogP contribution in [0.3, 0.4) is 0 Å². The maximum atomic E-state index is 2.82. The lowest BCUT2D eigenvalue weighted by Gasteiger charge is -2.69. The zero-order valence-corrected chi connectivity index (χ0v) is 28.6. The summed E-state index contributed by atoms with van der Waals surface area (Å²) in [4.78, 5) is 0. The van der Waals surface area contributed by atoms with E-state index < -0.39 is 0 Å². The van der Waals surface area contributed by atoms with E-state index in [0.29, 0.717) is 16.2 Å². The number of rotatable bonds is 2. The van der Waals surface area contributed by atoms with Crippen molar-refractivity contribution in [3.05, 3.63) is 0 Å². The third kappa shape index (κ3) is 5.90. The summed E-state index contributed by atoms with van der Waals surface area (Å²) in [6, 6.07) is 0. The fourth-order valence-corrected chi connectivity index (χ4v) is 11.5. The molecule has 0 aromatic rings. The van der Waals surface area contributed by atoms with Gasteiger partial charge in [0.2, 0.25) is 0 Å². The van der Waals surface area contributed by atoms with Gasteiger partial charge in [0, 0.05) is 0 Å². The Labute approximate surface area is 237 Å². The fourth-order valence-electron chi connectivity index (χ4n) is 11.5. The Balaban J connectivity index is 0.000000784. The summed E-state index contributed by atoms with van der Waals surface area (Å²) < 4.78 is 0. The Morgan fingerprint density at radius 3 is 1.78 bits per heavy atom. The predicted molar refractivity (Wildman–Crippen MR) is 170 cm³/mol. The van der Waals surface area contributed by atoms with E-state index in [4.69, 9.17) is 0 Å². The summed E-state index contributed by atoms with van der Waals surface area (Å²) in [6.45, 7) is 31.8. The minimum absolute atomic E-state index is 0.651. The maximum absolute atomic E-state index is 2.82. The van der Waals surface area contributed by atoms with Crippen LogP contribution in [-0.2, 0) is 0 Å². The second-order valence-electron chi connectivity index (χ2n) is 13.4. The molecule has 5 fully saturated rings. The van der Waals surface area contributed by atoms with Crippen LogP contribution in [0.1, 0.15) is 174 Å². The summed E-state index contributed by atoms with van der Waals surface area (Å²) >= 11 is 0. The van der Waals surface area contributed by atoms with Crippen LogP contribution >= 0.6 is 0 Å². The summed E-state index contributed by atoms with van der Waals surface area (Å²) in [5.41, 5.74) is 2.00. The van der Waals surface area contributed by atoms with E-state index in [1.807, 2.05) is 55.4 Å². The monoisotopic (exact) mass is 519 g/mol. The molecule has 0 bridgehead atoms. The van der Waals surface area contributed by atoms with Gasteiger partial charge in [0.15, 0.2) is 0 Å². The molecule has 0 saturated heterocycles. The summed E-state index contributed by atoms with van der Waals surface area (Å²) in [7, 11) is 0. The van der Waals surface area contributed by atoms with E-state index in [9.17, 15) is 0 Å². The second kappa shape index (κ2) is 15.1. The zero-order chi connectivity index (χ0) is 28.6. The Kier molecular flexibility index (Phi) is 14.3. The topological polar surface area (TPSA) is 0 Å². The van der Waals surface area contributed by atoms with E-state index in [-0.39, 0.29) is 0 Å². The van der Waals surface area contributed by atoms with Gasteiger partial charge in [0.05, 0.1) is 0 Å². The van der Waals surface area contributed by atoms with Crippen molar-refractivity contribution in [1.29, 1.82) is 0 Å². The van der Waals surface area contributed by atoms with E-state index in [1.54, 1.807) is 44.9 Å². The van der Waals surface area contributed by atoms with Crippen molar-refractivity contribution in [2.45, 2.75) is 174 Å². The first-order valence-corrected chi connectivity index (χ1v) is 17.8. The van der Waals surface area contributed by atoms with Crippen LogP contribution in [-0.4, -0.2) is 0 Å². The van der Waals surface area contributed by atoms with Gasteiger partial charge >= 0.3 is 0 Å². The number of hydrogen-bond acceptors (Lipinski definition) is 0. The quantitative estimate of drug-likeness (QED) is 0.341. The maximum Gasteiger partial charge on any atom is -0.0230 e. The lowest BCUT2D eigenvalue weighted by Crippen LogP contribution is -2.62. The molecule has 0 aromatic heterocycles. The van der Waals surface area contributed by atoms with E-state index in [2.05, 4.69) is 41.5 Å². The minimum atomic E-state index is 0.651. The largest absolute Gasteiger partial charge is 0.0683 e. The lowest BCUT2D eigenvalue weighted by atomic mass is 9.36. The van der Waals surface area contributed by atoms with Crippen LogP contribution in [0, 0.1) is 63.6 Å². The molecule has 0 heteroatoms. The van der Waals surface area contributed by atoms with Crippen LogP contribution in [0.25, 0.3) is 0 Å². The van der Waals surface area contributed by atoms with Gasteiger partial charge in [-0.05, 0) is 128 Å². The Morgan fingerprint density at radius 2 is 1.22 bits per heavy atom. The molecule has 0 aliphatic heterocycles. The van der Waals surface area contributed by atoms with Crippen LogP contribution in [0.15, 0.2) is 0 Å². The van der Waals surface area contributed by atoms with Crippen LogP contribution in [0.4, 0.5) is 0 Å². The molecule has 11 unspecified atom stereocenters. The van der Waals surface area contributed by atoms with Gasteiger partial charge in [-0.1, -0.05) is 110 Å². The van der Waals surface area contributed by atoms with Crippen molar-refractivity contribution >= 4 is 0 Å². The highest BCUT2D eigenvalue weighted by Gasteiger charge is 2.67. The zero-order valence-electron chi connectivity index (χ0n) is 28.6. The van der Waals surface area contributed by atoms with Gasteiger partial charge in [-0.3, -0.25) is 0 Å². The van der Waals surface area contributed by atoms with Crippen molar-refractivity contribution in [3.8, 4) is 0 Å². The number of hydrogen-bond donors (Lipinski definition) is 0. The summed E-state index contributed by atoms with van der Waals surface area (Å²) in [5, 5.41) is 0. The van der Waals surface area contributed by atoms with Crippen LogP contribution in [0.2, 0.25) is 0 Å². The third-order valence-corrected chi connectivity index (χ3v) is 13.0. The molecule has 37 heavy (non-hydrogen) atoms. The van der Waals surface area contributed by atoms with E-state index in [1.165, 1.54) is 32.1 Å². The fraction of sp³-hybridized carbons (Fsp3) is 1.00. The summed E-state index contributed by atoms with van der Waals surface area (Å²) in [5.74, 6) is 8.19. The average molecular weight is 519 g/mol. The molecule has 0 N–H and O–H groups in total. The normalized spacial score (nSPS) is 47.2. The molecule has 11 atom stereocenters. The molecule has 5 aliphatic rings. The molecule has 0 spiro atoms. The molecule has 5 aliphatic carbocycles.